The van der Waals surface area contributed by atoms with Crippen LogP contribution in [0, 0.1) is 17.2 Å². The lowest BCUT2D eigenvalue weighted by molar-refractivity contribution is -0.916. The third-order valence-corrected chi connectivity index (χ3v) is 8.29. The lowest BCUT2D eigenvalue weighted by Gasteiger charge is -2.45. The molecule has 0 aromatic heterocycles. The molecular weight excluding hydrogens is 422 g/mol. The molecule has 1 amide bonds. The number of aliphatic hydroxyl groups is 1. The topological polar surface area (TPSA) is 64.3 Å². The molecule has 1 aliphatic carbocycles. The third kappa shape index (κ3) is 5.04. The first kappa shape index (κ1) is 24.4. The van der Waals surface area contributed by atoms with E-state index in [1.807, 2.05) is 59.5 Å². The molecule has 1 aliphatic heterocycles. The summed E-state index contributed by atoms with van der Waals surface area (Å²) < 4.78 is 0.910. The summed E-state index contributed by atoms with van der Waals surface area (Å²) in [4.78, 5) is 15.7. The molecule has 2 aliphatic rings. The first-order valence-corrected chi connectivity index (χ1v) is 12.7. The molecule has 1 unspecified atom stereocenters. The minimum absolute atomic E-state index is 0.000215. The number of hydrogen-bond acceptors (Lipinski definition) is 3. The highest BCUT2D eigenvalue weighted by atomic mass is 16.3. The minimum atomic E-state index is -1.41. The maximum atomic E-state index is 13.8. The van der Waals surface area contributed by atoms with E-state index in [0.717, 1.165) is 61.5 Å². The van der Waals surface area contributed by atoms with Crippen molar-refractivity contribution in [3.8, 4) is 6.07 Å². The number of nitrogens with zero attached hydrogens (tertiary/aromatic N) is 3. The summed E-state index contributed by atoms with van der Waals surface area (Å²) in [6.07, 6.45) is 6.84. The smallest absolute Gasteiger partial charge is 0.259 e. The SMILES string of the molecule is C[N+](C)(CCc1ccc(C#N)cc1)C1CCN(C(=O)C(O)(c2ccccc2)C2CCCC2)CC1. The molecule has 1 heterocycles. The summed E-state index contributed by atoms with van der Waals surface area (Å²) in [6, 6.07) is 20.1. The second kappa shape index (κ2) is 10.3. The Balaban J connectivity index is 1.39. The monoisotopic (exact) mass is 460 g/mol. The van der Waals surface area contributed by atoms with Crippen LogP contribution < -0.4 is 0 Å². The number of piperidine rings is 1. The highest BCUT2D eigenvalue weighted by Crippen LogP contribution is 2.42. The number of carbonyl (C=O) groups excluding carboxylic acids is 1. The highest BCUT2D eigenvalue weighted by Gasteiger charge is 2.49. The van der Waals surface area contributed by atoms with E-state index < -0.39 is 5.60 Å². The number of nitriles is 1. The van der Waals surface area contributed by atoms with Gasteiger partial charge in [0.15, 0.2) is 5.60 Å². The number of amides is 1. The second-order valence-electron chi connectivity index (χ2n) is 10.7. The largest absolute Gasteiger partial charge is 0.375 e. The van der Waals surface area contributed by atoms with Crippen molar-refractivity contribution in [1.29, 1.82) is 5.26 Å². The van der Waals surface area contributed by atoms with Gasteiger partial charge in [0.05, 0.1) is 38.3 Å². The van der Waals surface area contributed by atoms with E-state index >= 15 is 0 Å². The lowest BCUT2D eigenvalue weighted by atomic mass is 9.78. The summed E-state index contributed by atoms with van der Waals surface area (Å²) in [5.41, 5.74) is 1.28. The molecule has 2 fully saturated rings. The van der Waals surface area contributed by atoms with Crippen LogP contribution in [0.3, 0.4) is 0 Å². The van der Waals surface area contributed by atoms with Crippen LogP contribution in [0.15, 0.2) is 54.6 Å². The molecule has 2 aromatic carbocycles. The molecule has 4 rings (SSSR count). The highest BCUT2D eigenvalue weighted by molar-refractivity contribution is 5.87. The fourth-order valence-electron chi connectivity index (χ4n) is 5.92. The lowest BCUT2D eigenvalue weighted by Crippen LogP contribution is -2.58. The molecule has 34 heavy (non-hydrogen) atoms. The first-order valence-electron chi connectivity index (χ1n) is 12.7. The average molecular weight is 461 g/mol. The summed E-state index contributed by atoms with van der Waals surface area (Å²) in [6.45, 7) is 2.41. The fourth-order valence-corrected chi connectivity index (χ4v) is 5.92. The zero-order valence-corrected chi connectivity index (χ0v) is 20.6. The fraction of sp³-hybridized carbons (Fsp3) is 0.517. The van der Waals surface area contributed by atoms with E-state index in [1.165, 1.54) is 5.56 Å². The van der Waals surface area contributed by atoms with Gasteiger partial charge in [0, 0.05) is 38.3 Å². The molecule has 0 radical (unpaired) electrons. The Morgan fingerprint density at radius 3 is 2.24 bits per heavy atom. The first-order chi connectivity index (χ1) is 16.3. The molecule has 5 heteroatoms. The Bertz CT molecular complexity index is 998. The van der Waals surface area contributed by atoms with Gasteiger partial charge >= 0.3 is 0 Å². The zero-order valence-electron chi connectivity index (χ0n) is 20.6. The van der Waals surface area contributed by atoms with Crippen molar-refractivity contribution in [3.05, 3.63) is 71.3 Å². The van der Waals surface area contributed by atoms with Crippen LogP contribution in [0.5, 0.6) is 0 Å². The van der Waals surface area contributed by atoms with Crippen molar-refractivity contribution in [2.75, 3.05) is 33.7 Å². The number of benzene rings is 2. The molecule has 1 saturated heterocycles. The summed E-state index contributed by atoms with van der Waals surface area (Å²) in [5.74, 6) is -0.105. The quantitative estimate of drug-likeness (QED) is 0.629. The van der Waals surface area contributed by atoms with Crippen molar-refractivity contribution in [3.63, 3.8) is 0 Å². The summed E-state index contributed by atoms with van der Waals surface area (Å²) in [5, 5.41) is 20.9. The Morgan fingerprint density at radius 1 is 1.03 bits per heavy atom. The number of hydrogen-bond donors (Lipinski definition) is 1. The Hall–Kier alpha value is -2.68. The maximum Gasteiger partial charge on any atom is 0.259 e. The van der Waals surface area contributed by atoms with Crippen LogP contribution in [-0.2, 0) is 16.8 Å². The van der Waals surface area contributed by atoms with Gasteiger partial charge in [-0.25, -0.2) is 0 Å². The van der Waals surface area contributed by atoms with E-state index in [2.05, 4.69) is 20.2 Å². The van der Waals surface area contributed by atoms with Gasteiger partial charge in [-0.05, 0) is 36.1 Å². The molecule has 1 N–H and O–H groups in total. The van der Waals surface area contributed by atoms with Crippen LogP contribution in [-0.4, -0.2) is 60.2 Å². The number of quaternary nitrogens is 1. The molecule has 2 aromatic rings. The molecule has 0 bridgehead atoms. The number of rotatable bonds is 7. The third-order valence-electron chi connectivity index (χ3n) is 8.29. The van der Waals surface area contributed by atoms with Crippen molar-refractivity contribution in [2.24, 2.45) is 5.92 Å². The molecular formula is C29H38N3O2+. The van der Waals surface area contributed by atoms with Gasteiger partial charge in [0.25, 0.3) is 5.91 Å². The number of carbonyl (C=O) groups is 1. The maximum absolute atomic E-state index is 13.8. The van der Waals surface area contributed by atoms with Gasteiger partial charge in [0.1, 0.15) is 0 Å². The van der Waals surface area contributed by atoms with Crippen LogP contribution in [0.25, 0.3) is 0 Å². The van der Waals surface area contributed by atoms with E-state index in [1.54, 1.807) is 0 Å². The van der Waals surface area contributed by atoms with Gasteiger partial charge in [-0.1, -0.05) is 55.3 Å². The minimum Gasteiger partial charge on any atom is -0.375 e. The second-order valence-corrected chi connectivity index (χ2v) is 10.7. The summed E-state index contributed by atoms with van der Waals surface area (Å²) >= 11 is 0. The number of likely N-dealkylation sites (N-methyl/N-ethyl adjacent to an activating group) is 1. The van der Waals surface area contributed by atoms with Gasteiger partial charge in [0.2, 0.25) is 0 Å². The van der Waals surface area contributed by atoms with Crippen LogP contribution in [0.4, 0.5) is 0 Å². The van der Waals surface area contributed by atoms with Gasteiger partial charge in [-0.3, -0.25) is 4.79 Å². The van der Waals surface area contributed by atoms with Crippen molar-refractivity contribution in [1.82, 2.24) is 4.90 Å². The average Bonchev–Trinajstić information content (AvgIpc) is 3.43. The molecule has 1 atom stereocenters. The Kier molecular flexibility index (Phi) is 7.40. The zero-order chi connectivity index (χ0) is 24.2. The standard InChI is InChI=1S/C29H38N3O2/c1-32(2,21-18-23-12-14-24(22-30)15-13-23)27-16-19-31(20-17-27)28(33)29(34,26-10-6-7-11-26)25-8-4-3-5-9-25/h3-5,8-9,12-15,26-27,34H,6-7,10-11,16-21H2,1-2H3/q+1. The Morgan fingerprint density at radius 2 is 1.65 bits per heavy atom. The van der Waals surface area contributed by atoms with E-state index in [9.17, 15) is 9.90 Å². The van der Waals surface area contributed by atoms with Crippen LogP contribution in [0.1, 0.15) is 55.2 Å². The van der Waals surface area contributed by atoms with Crippen LogP contribution >= 0.6 is 0 Å². The molecule has 1 saturated carbocycles. The van der Waals surface area contributed by atoms with E-state index in [4.69, 9.17) is 5.26 Å². The number of likely N-dealkylation sites (tertiary alicyclic amines) is 1. The molecule has 5 nitrogen and oxygen atoms in total. The van der Waals surface area contributed by atoms with Gasteiger partial charge < -0.3 is 14.5 Å². The predicted octanol–water partition coefficient (Wildman–Crippen LogP) is 4.25. The summed E-state index contributed by atoms with van der Waals surface area (Å²) in [7, 11) is 4.56. The Labute approximate surface area is 204 Å². The molecule has 0 spiro atoms. The van der Waals surface area contributed by atoms with Gasteiger partial charge in [-0.15, -0.1) is 0 Å². The van der Waals surface area contributed by atoms with E-state index in [0.29, 0.717) is 24.7 Å². The van der Waals surface area contributed by atoms with Crippen LogP contribution in [0.2, 0.25) is 0 Å². The van der Waals surface area contributed by atoms with E-state index in [-0.39, 0.29) is 11.8 Å². The van der Waals surface area contributed by atoms with Crippen molar-refractivity contribution < 1.29 is 14.4 Å². The van der Waals surface area contributed by atoms with Crippen molar-refractivity contribution >= 4 is 5.91 Å². The normalized spacial score (nSPS) is 19.5. The predicted molar refractivity (Wildman–Crippen MR) is 134 cm³/mol. The van der Waals surface area contributed by atoms with Crippen molar-refractivity contribution in [2.45, 2.75) is 56.6 Å². The molecule has 180 valence electrons. The van der Waals surface area contributed by atoms with Gasteiger partial charge in [-0.2, -0.15) is 5.26 Å².